The average molecular weight is 288 g/mol. The molecule has 21 heavy (non-hydrogen) atoms. The predicted octanol–water partition coefficient (Wildman–Crippen LogP) is 3.27. The van der Waals surface area contributed by atoms with Crippen molar-refractivity contribution in [2.24, 2.45) is 0 Å². The van der Waals surface area contributed by atoms with Crippen molar-refractivity contribution in [2.45, 2.75) is 26.8 Å². The molecular formula is C16H20N2O3. The van der Waals surface area contributed by atoms with Gasteiger partial charge in [-0.25, -0.2) is 0 Å². The number of carbonyl (C=O) groups excluding carboxylic acids is 1. The van der Waals surface area contributed by atoms with Crippen LogP contribution in [-0.2, 0) is 0 Å². The maximum Gasteiger partial charge on any atom is 0.161 e. The summed E-state index contributed by atoms with van der Waals surface area (Å²) >= 11 is 0. The number of methoxy groups -OCH3 is 2. The third-order valence-corrected chi connectivity index (χ3v) is 3.40. The lowest BCUT2D eigenvalue weighted by Crippen LogP contribution is -2.01. The van der Waals surface area contributed by atoms with Gasteiger partial charge in [0, 0.05) is 17.8 Å². The average Bonchev–Trinajstić information content (AvgIpc) is 2.91. The predicted molar refractivity (Wildman–Crippen MR) is 81.3 cm³/mol. The van der Waals surface area contributed by atoms with Crippen molar-refractivity contribution < 1.29 is 14.3 Å². The molecule has 0 saturated carbocycles. The molecule has 0 fully saturated rings. The molecule has 0 aliphatic heterocycles. The molecule has 0 bridgehead atoms. The van der Waals surface area contributed by atoms with Gasteiger partial charge < -0.3 is 9.47 Å². The topological polar surface area (TPSA) is 53.4 Å². The number of nitrogens with zero attached hydrogens (tertiary/aromatic N) is 2. The zero-order chi connectivity index (χ0) is 15.6. The first-order valence-corrected chi connectivity index (χ1v) is 6.79. The number of hydrogen-bond acceptors (Lipinski definition) is 4. The second-order valence-electron chi connectivity index (χ2n) is 5.15. The van der Waals surface area contributed by atoms with Crippen LogP contribution in [0.4, 0.5) is 0 Å². The SMILES string of the molecule is COc1cc(C)c(-c2nn(C(C)C)cc2C=O)cc1OC. The van der Waals surface area contributed by atoms with Crippen molar-refractivity contribution in [2.75, 3.05) is 14.2 Å². The quantitative estimate of drug-likeness (QED) is 0.792. The van der Waals surface area contributed by atoms with E-state index in [1.807, 2.05) is 32.9 Å². The van der Waals surface area contributed by atoms with Crippen LogP contribution in [0.3, 0.4) is 0 Å². The van der Waals surface area contributed by atoms with Crippen molar-refractivity contribution in [3.63, 3.8) is 0 Å². The molecule has 0 radical (unpaired) electrons. The molecule has 0 aliphatic carbocycles. The summed E-state index contributed by atoms with van der Waals surface area (Å²) in [4.78, 5) is 11.3. The maximum atomic E-state index is 11.3. The molecule has 0 N–H and O–H groups in total. The Morgan fingerprint density at radius 2 is 1.81 bits per heavy atom. The van der Waals surface area contributed by atoms with Gasteiger partial charge in [-0.3, -0.25) is 9.48 Å². The summed E-state index contributed by atoms with van der Waals surface area (Å²) < 4.78 is 12.4. The number of ether oxygens (including phenoxy) is 2. The lowest BCUT2D eigenvalue weighted by atomic mass is 10.0. The fourth-order valence-electron chi connectivity index (χ4n) is 2.20. The Labute approximate surface area is 124 Å². The van der Waals surface area contributed by atoms with Crippen LogP contribution >= 0.6 is 0 Å². The molecule has 0 amide bonds. The monoisotopic (exact) mass is 288 g/mol. The van der Waals surface area contributed by atoms with E-state index in [1.165, 1.54) is 0 Å². The van der Waals surface area contributed by atoms with Gasteiger partial charge in [0.1, 0.15) is 5.69 Å². The van der Waals surface area contributed by atoms with Crippen molar-refractivity contribution >= 4 is 6.29 Å². The highest BCUT2D eigenvalue weighted by Crippen LogP contribution is 2.35. The van der Waals surface area contributed by atoms with Gasteiger partial charge in [-0.2, -0.15) is 5.10 Å². The Morgan fingerprint density at radius 3 is 2.33 bits per heavy atom. The Kier molecular flexibility index (Phi) is 4.31. The number of rotatable bonds is 5. The molecular weight excluding hydrogens is 268 g/mol. The number of aromatic nitrogens is 2. The summed E-state index contributed by atoms with van der Waals surface area (Å²) in [5.41, 5.74) is 3.08. The molecule has 1 heterocycles. The molecule has 0 saturated heterocycles. The first kappa shape index (κ1) is 15.1. The zero-order valence-corrected chi connectivity index (χ0v) is 13.0. The number of aryl methyl sites for hydroxylation is 1. The highest BCUT2D eigenvalue weighted by molar-refractivity contribution is 5.86. The van der Waals surface area contributed by atoms with Crippen LogP contribution in [0.5, 0.6) is 11.5 Å². The Hall–Kier alpha value is -2.30. The summed E-state index contributed by atoms with van der Waals surface area (Å²) in [6, 6.07) is 3.93. The van der Waals surface area contributed by atoms with E-state index in [0.29, 0.717) is 22.8 Å². The molecule has 5 heteroatoms. The maximum absolute atomic E-state index is 11.3. The largest absolute Gasteiger partial charge is 0.493 e. The lowest BCUT2D eigenvalue weighted by molar-refractivity contribution is 0.112. The molecule has 112 valence electrons. The van der Waals surface area contributed by atoms with Crippen molar-refractivity contribution in [3.05, 3.63) is 29.5 Å². The number of aldehydes is 1. The van der Waals surface area contributed by atoms with E-state index in [1.54, 1.807) is 25.1 Å². The first-order valence-electron chi connectivity index (χ1n) is 6.79. The standard InChI is InChI=1S/C16H20N2O3/c1-10(2)18-8-12(9-19)16(17-18)13-7-15(21-5)14(20-4)6-11(13)3/h6-10H,1-5H3. The highest BCUT2D eigenvalue weighted by Gasteiger charge is 2.17. The van der Waals surface area contributed by atoms with E-state index in [0.717, 1.165) is 17.4 Å². The van der Waals surface area contributed by atoms with Crippen LogP contribution in [-0.4, -0.2) is 30.3 Å². The second kappa shape index (κ2) is 5.99. The summed E-state index contributed by atoms with van der Waals surface area (Å²) in [5, 5.41) is 4.53. The van der Waals surface area contributed by atoms with E-state index < -0.39 is 0 Å². The fourth-order valence-corrected chi connectivity index (χ4v) is 2.20. The minimum atomic E-state index is 0.193. The number of hydrogen-bond donors (Lipinski definition) is 0. The van der Waals surface area contributed by atoms with Crippen LogP contribution in [0, 0.1) is 6.92 Å². The fraction of sp³-hybridized carbons (Fsp3) is 0.375. The third kappa shape index (κ3) is 2.77. The smallest absolute Gasteiger partial charge is 0.161 e. The third-order valence-electron chi connectivity index (χ3n) is 3.40. The molecule has 2 rings (SSSR count). The van der Waals surface area contributed by atoms with Crippen LogP contribution < -0.4 is 9.47 Å². The lowest BCUT2D eigenvalue weighted by Gasteiger charge is -2.12. The molecule has 0 unspecified atom stereocenters. The Balaban J connectivity index is 2.63. The van der Waals surface area contributed by atoms with Crippen LogP contribution in [0.2, 0.25) is 0 Å². The van der Waals surface area contributed by atoms with Gasteiger partial charge in [-0.1, -0.05) is 0 Å². The van der Waals surface area contributed by atoms with Gasteiger partial charge in [-0.05, 0) is 38.5 Å². The van der Waals surface area contributed by atoms with Gasteiger partial charge in [0.2, 0.25) is 0 Å². The highest BCUT2D eigenvalue weighted by atomic mass is 16.5. The molecule has 0 aliphatic rings. The van der Waals surface area contributed by atoms with E-state index in [2.05, 4.69) is 5.10 Å². The second-order valence-corrected chi connectivity index (χ2v) is 5.15. The molecule has 1 aromatic heterocycles. The summed E-state index contributed by atoms with van der Waals surface area (Å²) in [5.74, 6) is 1.28. The molecule has 2 aromatic rings. The van der Waals surface area contributed by atoms with Gasteiger partial charge in [-0.15, -0.1) is 0 Å². The van der Waals surface area contributed by atoms with E-state index in [4.69, 9.17) is 9.47 Å². The van der Waals surface area contributed by atoms with Crippen LogP contribution in [0.1, 0.15) is 35.8 Å². The minimum Gasteiger partial charge on any atom is -0.493 e. The van der Waals surface area contributed by atoms with E-state index in [9.17, 15) is 4.79 Å². The van der Waals surface area contributed by atoms with E-state index >= 15 is 0 Å². The molecule has 0 atom stereocenters. The summed E-state index contributed by atoms with van der Waals surface area (Å²) in [6.45, 7) is 6.00. The molecule has 5 nitrogen and oxygen atoms in total. The molecule has 1 aromatic carbocycles. The van der Waals surface area contributed by atoms with Gasteiger partial charge in [0.05, 0.1) is 19.8 Å². The van der Waals surface area contributed by atoms with Crippen molar-refractivity contribution in [3.8, 4) is 22.8 Å². The summed E-state index contributed by atoms with van der Waals surface area (Å²) in [6.07, 6.45) is 2.60. The Bertz CT molecular complexity index is 660. The van der Waals surface area contributed by atoms with Crippen molar-refractivity contribution in [1.82, 2.24) is 9.78 Å². The van der Waals surface area contributed by atoms with Crippen LogP contribution in [0.15, 0.2) is 18.3 Å². The number of benzene rings is 1. The number of carbonyl (C=O) groups is 1. The van der Waals surface area contributed by atoms with Crippen molar-refractivity contribution in [1.29, 1.82) is 0 Å². The Morgan fingerprint density at radius 1 is 1.19 bits per heavy atom. The van der Waals surface area contributed by atoms with Crippen LogP contribution in [0.25, 0.3) is 11.3 Å². The first-order chi connectivity index (χ1) is 10.0. The van der Waals surface area contributed by atoms with Gasteiger partial charge in [0.25, 0.3) is 0 Å². The van der Waals surface area contributed by atoms with E-state index in [-0.39, 0.29) is 6.04 Å². The summed E-state index contributed by atoms with van der Waals surface area (Å²) in [7, 11) is 3.19. The minimum absolute atomic E-state index is 0.193. The molecule has 0 spiro atoms. The zero-order valence-electron chi connectivity index (χ0n) is 13.0. The van der Waals surface area contributed by atoms with Gasteiger partial charge >= 0.3 is 0 Å². The van der Waals surface area contributed by atoms with Gasteiger partial charge in [0.15, 0.2) is 17.8 Å². The normalized spacial score (nSPS) is 10.8.